The molecule has 2 N–H and O–H groups in total. The van der Waals surface area contributed by atoms with Crippen LogP contribution in [-0.4, -0.2) is 23.8 Å². The zero-order valence-electron chi connectivity index (χ0n) is 6.92. The van der Waals surface area contributed by atoms with E-state index in [4.69, 9.17) is 0 Å². The van der Waals surface area contributed by atoms with Crippen LogP contribution in [0.25, 0.3) is 0 Å². The highest BCUT2D eigenvalue weighted by molar-refractivity contribution is 4.85. The third kappa shape index (κ3) is 1.94. The molecule has 0 aromatic rings. The number of aliphatic hydroxyl groups excluding tert-OH is 1. The van der Waals surface area contributed by atoms with E-state index in [1.54, 1.807) is 0 Å². The van der Waals surface area contributed by atoms with Crippen molar-refractivity contribution >= 4 is 0 Å². The van der Waals surface area contributed by atoms with Crippen molar-refractivity contribution in [1.82, 2.24) is 5.32 Å². The molecule has 2 nitrogen and oxygen atoms in total. The fourth-order valence-electron chi connectivity index (χ4n) is 1.82. The van der Waals surface area contributed by atoms with Gasteiger partial charge in [0, 0.05) is 6.04 Å². The number of rotatable bonds is 3. The van der Waals surface area contributed by atoms with Crippen LogP contribution in [0.2, 0.25) is 0 Å². The minimum Gasteiger partial charge on any atom is -0.392 e. The molecule has 64 valence electrons. The molecule has 2 fully saturated rings. The van der Waals surface area contributed by atoms with Gasteiger partial charge in [-0.2, -0.15) is 0 Å². The lowest BCUT2D eigenvalue weighted by molar-refractivity contribution is 0.149. The molecule has 0 aromatic carbocycles. The Labute approximate surface area is 68.0 Å². The van der Waals surface area contributed by atoms with Gasteiger partial charge in [0.05, 0.1) is 6.10 Å². The standard InChI is InChI=1S/C9H17NO/c11-9-3-1-2-8(9)10-6-7-4-5-7/h7-11H,1-6H2/t8-,9-/m0/s1. The Morgan fingerprint density at radius 3 is 2.55 bits per heavy atom. The van der Waals surface area contributed by atoms with Gasteiger partial charge < -0.3 is 10.4 Å². The van der Waals surface area contributed by atoms with Crippen molar-refractivity contribution in [2.75, 3.05) is 6.54 Å². The lowest BCUT2D eigenvalue weighted by Crippen LogP contribution is -2.36. The molecule has 2 heteroatoms. The van der Waals surface area contributed by atoms with E-state index >= 15 is 0 Å². The minimum absolute atomic E-state index is 0.0613. The Bertz CT molecular complexity index is 134. The third-order valence-corrected chi connectivity index (χ3v) is 2.85. The third-order valence-electron chi connectivity index (χ3n) is 2.85. The van der Waals surface area contributed by atoms with Crippen molar-refractivity contribution in [3.8, 4) is 0 Å². The average Bonchev–Trinajstić information content (AvgIpc) is 2.73. The molecule has 0 bridgehead atoms. The monoisotopic (exact) mass is 155 g/mol. The van der Waals surface area contributed by atoms with Crippen molar-refractivity contribution in [2.24, 2.45) is 5.92 Å². The van der Waals surface area contributed by atoms with E-state index in [1.165, 1.54) is 25.7 Å². The summed E-state index contributed by atoms with van der Waals surface area (Å²) in [5, 5.41) is 12.9. The molecular weight excluding hydrogens is 138 g/mol. The van der Waals surface area contributed by atoms with Crippen LogP contribution in [0.15, 0.2) is 0 Å². The maximum absolute atomic E-state index is 9.46. The predicted octanol–water partition coefficient (Wildman–Crippen LogP) is 0.899. The first kappa shape index (κ1) is 7.56. The lowest BCUT2D eigenvalue weighted by Gasteiger charge is -2.15. The van der Waals surface area contributed by atoms with Gasteiger partial charge in [0.2, 0.25) is 0 Å². The Hall–Kier alpha value is -0.0800. The van der Waals surface area contributed by atoms with Crippen LogP contribution >= 0.6 is 0 Å². The SMILES string of the molecule is O[C@H]1CCC[C@@H]1NCC1CC1. The van der Waals surface area contributed by atoms with Crippen molar-refractivity contribution in [2.45, 2.75) is 44.2 Å². The Kier molecular flexibility index (Phi) is 2.14. The van der Waals surface area contributed by atoms with E-state index < -0.39 is 0 Å². The fraction of sp³-hybridized carbons (Fsp3) is 1.00. The normalized spacial score (nSPS) is 37.9. The Balaban J connectivity index is 1.67. The van der Waals surface area contributed by atoms with E-state index in [9.17, 15) is 5.11 Å². The molecule has 2 saturated carbocycles. The highest BCUT2D eigenvalue weighted by Crippen LogP contribution is 2.28. The van der Waals surface area contributed by atoms with Gasteiger partial charge in [0.25, 0.3) is 0 Å². The van der Waals surface area contributed by atoms with Gasteiger partial charge >= 0.3 is 0 Å². The molecule has 0 aliphatic heterocycles. The largest absolute Gasteiger partial charge is 0.392 e. The molecule has 2 aliphatic carbocycles. The zero-order valence-corrected chi connectivity index (χ0v) is 6.92. The summed E-state index contributed by atoms with van der Waals surface area (Å²) in [5.74, 6) is 0.933. The summed E-state index contributed by atoms with van der Waals surface area (Å²) < 4.78 is 0. The summed E-state index contributed by atoms with van der Waals surface area (Å²) in [7, 11) is 0. The van der Waals surface area contributed by atoms with E-state index in [-0.39, 0.29) is 6.10 Å². The molecule has 11 heavy (non-hydrogen) atoms. The highest BCUT2D eigenvalue weighted by atomic mass is 16.3. The summed E-state index contributed by atoms with van der Waals surface area (Å²) in [4.78, 5) is 0. The second-order valence-electron chi connectivity index (χ2n) is 3.96. The molecule has 0 amide bonds. The van der Waals surface area contributed by atoms with Crippen molar-refractivity contribution in [1.29, 1.82) is 0 Å². The van der Waals surface area contributed by atoms with E-state index in [1.807, 2.05) is 0 Å². The molecular formula is C9H17NO. The van der Waals surface area contributed by atoms with Crippen LogP contribution < -0.4 is 5.32 Å². The molecule has 0 spiro atoms. The van der Waals surface area contributed by atoms with Gasteiger partial charge in [-0.15, -0.1) is 0 Å². The Morgan fingerprint density at radius 1 is 1.18 bits per heavy atom. The number of hydrogen-bond acceptors (Lipinski definition) is 2. The van der Waals surface area contributed by atoms with E-state index in [0.29, 0.717) is 6.04 Å². The molecule has 0 radical (unpaired) electrons. The topological polar surface area (TPSA) is 32.3 Å². The first-order valence-electron chi connectivity index (χ1n) is 4.78. The molecule has 0 saturated heterocycles. The second-order valence-corrected chi connectivity index (χ2v) is 3.96. The highest BCUT2D eigenvalue weighted by Gasteiger charge is 2.27. The minimum atomic E-state index is -0.0613. The summed E-state index contributed by atoms with van der Waals surface area (Å²) in [6.45, 7) is 1.14. The van der Waals surface area contributed by atoms with Crippen LogP contribution in [0.3, 0.4) is 0 Å². The quantitative estimate of drug-likeness (QED) is 0.634. The maximum atomic E-state index is 9.46. The van der Waals surface area contributed by atoms with Crippen LogP contribution in [-0.2, 0) is 0 Å². The fourth-order valence-corrected chi connectivity index (χ4v) is 1.82. The first-order valence-corrected chi connectivity index (χ1v) is 4.78. The lowest BCUT2D eigenvalue weighted by atomic mass is 10.2. The predicted molar refractivity (Wildman–Crippen MR) is 44.4 cm³/mol. The van der Waals surface area contributed by atoms with Gasteiger partial charge in [-0.25, -0.2) is 0 Å². The van der Waals surface area contributed by atoms with Gasteiger partial charge in [-0.3, -0.25) is 0 Å². The second kappa shape index (κ2) is 3.11. The van der Waals surface area contributed by atoms with Gasteiger partial charge in [0.1, 0.15) is 0 Å². The molecule has 2 aliphatic rings. The summed E-state index contributed by atoms with van der Waals surface area (Å²) >= 11 is 0. The van der Waals surface area contributed by atoms with E-state index in [0.717, 1.165) is 18.9 Å². The van der Waals surface area contributed by atoms with Crippen LogP contribution in [0.4, 0.5) is 0 Å². The van der Waals surface area contributed by atoms with Crippen molar-refractivity contribution < 1.29 is 5.11 Å². The van der Waals surface area contributed by atoms with Gasteiger partial charge in [0.15, 0.2) is 0 Å². The number of hydrogen-bond donors (Lipinski definition) is 2. The van der Waals surface area contributed by atoms with E-state index in [2.05, 4.69) is 5.32 Å². The van der Waals surface area contributed by atoms with Crippen LogP contribution in [0.5, 0.6) is 0 Å². The smallest absolute Gasteiger partial charge is 0.0693 e. The van der Waals surface area contributed by atoms with Gasteiger partial charge in [-0.05, 0) is 44.6 Å². The molecule has 2 rings (SSSR count). The maximum Gasteiger partial charge on any atom is 0.0693 e. The number of aliphatic hydroxyl groups is 1. The molecule has 0 aromatic heterocycles. The number of nitrogens with one attached hydrogen (secondary N) is 1. The zero-order chi connectivity index (χ0) is 7.68. The van der Waals surface area contributed by atoms with Crippen LogP contribution in [0.1, 0.15) is 32.1 Å². The van der Waals surface area contributed by atoms with Crippen molar-refractivity contribution in [3.05, 3.63) is 0 Å². The van der Waals surface area contributed by atoms with Gasteiger partial charge in [-0.1, -0.05) is 0 Å². The average molecular weight is 155 g/mol. The first-order chi connectivity index (χ1) is 5.36. The molecule has 2 atom stereocenters. The Morgan fingerprint density at radius 2 is 2.00 bits per heavy atom. The van der Waals surface area contributed by atoms with Crippen LogP contribution in [0, 0.1) is 5.92 Å². The summed E-state index contributed by atoms with van der Waals surface area (Å²) in [6, 6.07) is 0.413. The molecule has 0 heterocycles. The summed E-state index contributed by atoms with van der Waals surface area (Å²) in [5.41, 5.74) is 0. The van der Waals surface area contributed by atoms with Crippen molar-refractivity contribution in [3.63, 3.8) is 0 Å². The molecule has 0 unspecified atom stereocenters. The summed E-state index contributed by atoms with van der Waals surface area (Å²) in [6.07, 6.45) is 6.11.